The number of ketones is 1. The second-order valence-corrected chi connectivity index (χ2v) is 3.82. The molecule has 0 radical (unpaired) electrons. The Bertz CT molecular complexity index is 225. The van der Waals surface area contributed by atoms with E-state index in [1.807, 2.05) is 0 Å². The molecule has 0 aromatic heterocycles. The summed E-state index contributed by atoms with van der Waals surface area (Å²) in [4.78, 5) is 11.6. The highest BCUT2D eigenvalue weighted by Crippen LogP contribution is 2.35. The lowest BCUT2D eigenvalue weighted by atomic mass is 9.93. The maximum absolute atomic E-state index is 11.6. The van der Waals surface area contributed by atoms with Gasteiger partial charge in [0.1, 0.15) is 0 Å². The fourth-order valence-electron chi connectivity index (χ4n) is 2.45. The van der Waals surface area contributed by atoms with Crippen molar-refractivity contribution in [1.82, 2.24) is 0 Å². The molecule has 0 saturated heterocycles. The lowest BCUT2D eigenvalue weighted by Gasteiger charge is -2.11. The molecule has 1 aliphatic rings. The minimum Gasteiger partial charge on any atom is -0.295 e. The van der Waals surface area contributed by atoms with E-state index in [1.165, 1.54) is 18.4 Å². The predicted molar refractivity (Wildman–Crippen MR) is 55.6 cm³/mol. The molecule has 1 atom stereocenters. The molecule has 1 aliphatic carbocycles. The Morgan fingerprint density at radius 3 is 2.38 bits per heavy atom. The van der Waals surface area contributed by atoms with Crippen molar-refractivity contribution in [2.45, 2.75) is 52.9 Å². The molecule has 0 heterocycles. The highest BCUT2D eigenvalue weighted by molar-refractivity contribution is 5.99. The van der Waals surface area contributed by atoms with E-state index in [-0.39, 0.29) is 0 Å². The van der Waals surface area contributed by atoms with Crippen molar-refractivity contribution in [3.8, 4) is 0 Å². The smallest absolute Gasteiger partial charge is 0.159 e. The Morgan fingerprint density at radius 1 is 1.23 bits per heavy atom. The number of carbonyl (C=O) groups is 1. The van der Waals surface area contributed by atoms with Gasteiger partial charge in [0.2, 0.25) is 0 Å². The Hall–Kier alpha value is -0.590. The maximum atomic E-state index is 11.6. The van der Waals surface area contributed by atoms with Crippen LogP contribution in [-0.2, 0) is 4.79 Å². The van der Waals surface area contributed by atoms with Crippen LogP contribution in [-0.4, -0.2) is 5.78 Å². The third kappa shape index (κ3) is 2.01. The summed E-state index contributed by atoms with van der Waals surface area (Å²) in [5.41, 5.74) is 2.59. The lowest BCUT2D eigenvalue weighted by molar-refractivity contribution is -0.115. The average molecular weight is 180 g/mol. The van der Waals surface area contributed by atoms with Gasteiger partial charge >= 0.3 is 0 Å². The van der Waals surface area contributed by atoms with E-state index in [1.54, 1.807) is 0 Å². The van der Waals surface area contributed by atoms with Gasteiger partial charge in [-0.05, 0) is 30.8 Å². The molecule has 1 unspecified atom stereocenters. The largest absolute Gasteiger partial charge is 0.295 e. The quantitative estimate of drug-likeness (QED) is 0.647. The molecule has 0 aromatic rings. The van der Waals surface area contributed by atoms with Crippen LogP contribution in [0.15, 0.2) is 11.1 Å². The molecular weight excluding hydrogens is 160 g/mol. The van der Waals surface area contributed by atoms with Crippen molar-refractivity contribution in [3.63, 3.8) is 0 Å². The first-order valence-corrected chi connectivity index (χ1v) is 5.49. The Morgan fingerprint density at radius 2 is 1.92 bits per heavy atom. The van der Waals surface area contributed by atoms with Crippen LogP contribution in [0.25, 0.3) is 0 Å². The van der Waals surface area contributed by atoms with Crippen LogP contribution in [0.2, 0.25) is 0 Å². The number of rotatable bonds is 4. The number of carbonyl (C=O) groups excluding carboxylic acids is 1. The van der Waals surface area contributed by atoms with Crippen LogP contribution in [0.4, 0.5) is 0 Å². The zero-order valence-corrected chi connectivity index (χ0v) is 9.02. The Balaban J connectivity index is 2.82. The zero-order valence-electron chi connectivity index (χ0n) is 9.02. The summed E-state index contributed by atoms with van der Waals surface area (Å²) in [6, 6.07) is 0. The molecule has 0 aliphatic heterocycles. The average Bonchev–Trinajstić information content (AvgIpc) is 2.41. The number of hydrogen-bond acceptors (Lipinski definition) is 1. The molecule has 0 spiro atoms. The van der Waals surface area contributed by atoms with Gasteiger partial charge in [0, 0.05) is 6.42 Å². The van der Waals surface area contributed by atoms with Gasteiger partial charge in [-0.25, -0.2) is 0 Å². The first-order chi connectivity index (χ1) is 6.24. The van der Waals surface area contributed by atoms with Crippen molar-refractivity contribution in [2.75, 3.05) is 0 Å². The molecule has 13 heavy (non-hydrogen) atoms. The van der Waals surface area contributed by atoms with Crippen LogP contribution in [0, 0.1) is 5.92 Å². The number of allylic oxidation sites excluding steroid dienone is 2. The molecule has 0 aromatic carbocycles. The van der Waals surface area contributed by atoms with Crippen LogP contribution >= 0.6 is 0 Å². The summed E-state index contributed by atoms with van der Waals surface area (Å²) in [5, 5.41) is 0. The van der Waals surface area contributed by atoms with E-state index in [0.717, 1.165) is 24.8 Å². The van der Waals surface area contributed by atoms with Gasteiger partial charge in [0.05, 0.1) is 0 Å². The van der Waals surface area contributed by atoms with E-state index in [9.17, 15) is 4.79 Å². The van der Waals surface area contributed by atoms with Crippen molar-refractivity contribution in [2.24, 2.45) is 5.92 Å². The van der Waals surface area contributed by atoms with Crippen molar-refractivity contribution < 1.29 is 4.79 Å². The topological polar surface area (TPSA) is 17.1 Å². The van der Waals surface area contributed by atoms with Crippen LogP contribution in [0.3, 0.4) is 0 Å². The van der Waals surface area contributed by atoms with Gasteiger partial charge in [-0.1, -0.05) is 32.8 Å². The van der Waals surface area contributed by atoms with Gasteiger partial charge in [0.25, 0.3) is 0 Å². The molecule has 1 heteroatoms. The normalized spacial score (nSPS) is 23.0. The third-order valence-electron chi connectivity index (χ3n) is 3.02. The van der Waals surface area contributed by atoms with E-state index in [2.05, 4.69) is 20.8 Å². The summed E-state index contributed by atoms with van der Waals surface area (Å²) in [7, 11) is 0. The Kier molecular flexibility index (Phi) is 3.71. The molecule has 0 N–H and O–H groups in total. The lowest BCUT2D eigenvalue weighted by Crippen LogP contribution is -1.99. The summed E-state index contributed by atoms with van der Waals surface area (Å²) in [6.07, 6.45) is 5.18. The van der Waals surface area contributed by atoms with Gasteiger partial charge in [-0.15, -0.1) is 0 Å². The first kappa shape index (κ1) is 10.5. The molecule has 1 nitrogen and oxygen atoms in total. The van der Waals surface area contributed by atoms with Crippen molar-refractivity contribution >= 4 is 5.78 Å². The fraction of sp³-hybridized carbons (Fsp3) is 0.750. The Labute approximate surface area is 81.2 Å². The highest BCUT2D eigenvalue weighted by Gasteiger charge is 2.28. The summed E-state index contributed by atoms with van der Waals surface area (Å²) in [5.74, 6) is 0.996. The molecule has 0 fully saturated rings. The van der Waals surface area contributed by atoms with Gasteiger partial charge in [0.15, 0.2) is 5.78 Å². The van der Waals surface area contributed by atoms with E-state index >= 15 is 0 Å². The highest BCUT2D eigenvalue weighted by atomic mass is 16.1. The third-order valence-corrected chi connectivity index (χ3v) is 3.02. The van der Waals surface area contributed by atoms with Gasteiger partial charge in [-0.2, -0.15) is 0 Å². The van der Waals surface area contributed by atoms with Gasteiger partial charge in [-0.3, -0.25) is 4.79 Å². The minimum atomic E-state index is 0.415. The van der Waals surface area contributed by atoms with E-state index in [4.69, 9.17) is 0 Å². The predicted octanol–water partition coefficient (Wildman–Crippen LogP) is 3.49. The van der Waals surface area contributed by atoms with Crippen LogP contribution in [0.1, 0.15) is 52.9 Å². The summed E-state index contributed by atoms with van der Waals surface area (Å²) >= 11 is 0. The first-order valence-electron chi connectivity index (χ1n) is 5.49. The number of Topliss-reactive ketones (excluding diaryl/α,β-unsaturated/α-hetero) is 1. The summed E-state index contributed by atoms with van der Waals surface area (Å²) in [6.45, 7) is 6.46. The van der Waals surface area contributed by atoms with Crippen molar-refractivity contribution in [1.29, 1.82) is 0 Å². The fourth-order valence-corrected chi connectivity index (χ4v) is 2.45. The summed E-state index contributed by atoms with van der Waals surface area (Å²) < 4.78 is 0. The second kappa shape index (κ2) is 4.59. The SMILES string of the molecule is CCCC1CC(=O)C(CC)=C1CC. The maximum Gasteiger partial charge on any atom is 0.159 e. The zero-order chi connectivity index (χ0) is 9.84. The van der Waals surface area contributed by atoms with Crippen LogP contribution in [0.5, 0.6) is 0 Å². The molecule has 0 amide bonds. The number of hydrogen-bond donors (Lipinski definition) is 0. The monoisotopic (exact) mass is 180 g/mol. The standard InChI is InChI=1S/C12H20O/c1-4-7-9-8-12(13)11(6-3)10(9)5-2/h9H,4-8H2,1-3H3. The van der Waals surface area contributed by atoms with E-state index in [0.29, 0.717) is 11.7 Å². The van der Waals surface area contributed by atoms with E-state index < -0.39 is 0 Å². The minimum absolute atomic E-state index is 0.415. The molecule has 0 bridgehead atoms. The molecular formula is C12H20O. The van der Waals surface area contributed by atoms with Gasteiger partial charge < -0.3 is 0 Å². The van der Waals surface area contributed by atoms with Crippen LogP contribution < -0.4 is 0 Å². The second-order valence-electron chi connectivity index (χ2n) is 3.82. The molecule has 1 rings (SSSR count). The molecule has 0 saturated carbocycles. The van der Waals surface area contributed by atoms with Crippen molar-refractivity contribution in [3.05, 3.63) is 11.1 Å². The molecule has 74 valence electrons.